The van der Waals surface area contributed by atoms with Gasteiger partial charge in [0.1, 0.15) is 0 Å². The van der Waals surface area contributed by atoms with E-state index in [1.165, 1.54) is 19.8 Å². The molecule has 4 heteroatoms. The van der Waals surface area contributed by atoms with Crippen LogP contribution in [0, 0.1) is 51.8 Å². The molecule has 0 bridgehead atoms. The molecule has 0 heterocycles. The molecule has 4 aliphatic rings. The van der Waals surface area contributed by atoms with Crippen molar-refractivity contribution in [3.63, 3.8) is 0 Å². The van der Waals surface area contributed by atoms with Crippen LogP contribution in [0.4, 0.5) is 0 Å². The van der Waals surface area contributed by atoms with Crippen LogP contribution in [0.2, 0.25) is 0 Å². The van der Waals surface area contributed by atoms with E-state index in [1.54, 1.807) is 0 Å². The first-order valence-electron chi connectivity index (χ1n) is 10.6. The molecule has 0 amide bonds. The minimum absolute atomic E-state index is 0.0554. The first-order chi connectivity index (χ1) is 12.4. The van der Waals surface area contributed by atoms with E-state index in [4.69, 9.17) is 4.74 Å². The molecule has 4 saturated carbocycles. The van der Waals surface area contributed by atoms with Crippen molar-refractivity contribution in [2.45, 2.75) is 77.7 Å². The van der Waals surface area contributed by atoms with Gasteiger partial charge in [-0.25, -0.2) is 0 Å². The summed E-state index contributed by atoms with van der Waals surface area (Å²) in [6, 6.07) is 2.61. The number of esters is 1. The monoisotopic (exact) mass is 359 g/mol. The van der Waals surface area contributed by atoms with Crippen LogP contribution in [0.25, 0.3) is 0 Å². The Morgan fingerprint density at radius 2 is 1.96 bits per heavy atom. The third-order valence-corrected chi connectivity index (χ3v) is 9.04. The molecule has 4 nitrogen and oxygen atoms in total. The second-order valence-electron chi connectivity index (χ2n) is 9.90. The number of aliphatic hydroxyl groups is 1. The highest BCUT2D eigenvalue weighted by atomic mass is 16.5. The number of rotatable bonds is 2. The Labute approximate surface area is 157 Å². The first-order valence-corrected chi connectivity index (χ1v) is 10.6. The minimum atomic E-state index is -0.190. The number of nitrogens with zero attached hydrogens (tertiary/aromatic N) is 1. The van der Waals surface area contributed by atoms with Gasteiger partial charge in [-0.3, -0.25) is 4.79 Å². The average molecular weight is 360 g/mol. The van der Waals surface area contributed by atoms with Gasteiger partial charge in [-0.05, 0) is 86.9 Å². The summed E-state index contributed by atoms with van der Waals surface area (Å²) >= 11 is 0. The molecule has 4 rings (SSSR count). The van der Waals surface area contributed by atoms with Crippen molar-refractivity contribution in [1.82, 2.24) is 0 Å². The van der Waals surface area contributed by atoms with Crippen molar-refractivity contribution in [2.75, 3.05) is 6.61 Å². The molecule has 0 aromatic carbocycles. The lowest BCUT2D eigenvalue weighted by molar-refractivity contribution is -0.173. The number of ether oxygens (including phenoxy) is 1. The van der Waals surface area contributed by atoms with E-state index < -0.39 is 0 Å². The number of nitriles is 1. The largest absolute Gasteiger partial charge is 0.465 e. The summed E-state index contributed by atoms with van der Waals surface area (Å²) in [6.45, 7) is 4.41. The van der Waals surface area contributed by atoms with Crippen LogP contribution < -0.4 is 0 Å². The summed E-state index contributed by atoms with van der Waals surface area (Å²) < 4.78 is 5.63. The van der Waals surface area contributed by atoms with Crippen LogP contribution in [-0.4, -0.2) is 23.8 Å². The summed E-state index contributed by atoms with van der Waals surface area (Å²) in [5, 5.41) is 19.9. The molecule has 8 atom stereocenters. The van der Waals surface area contributed by atoms with Crippen molar-refractivity contribution in [1.29, 1.82) is 5.26 Å². The van der Waals surface area contributed by atoms with E-state index in [0.29, 0.717) is 30.3 Å². The normalized spacial score (nSPS) is 50.1. The summed E-state index contributed by atoms with van der Waals surface area (Å²) in [4.78, 5) is 11.6. The molecule has 0 radical (unpaired) electrons. The fourth-order valence-corrected chi connectivity index (χ4v) is 7.76. The van der Waals surface area contributed by atoms with Gasteiger partial charge in [0.2, 0.25) is 0 Å². The van der Waals surface area contributed by atoms with Gasteiger partial charge in [-0.15, -0.1) is 0 Å². The standard InChI is InChI=1S/C22H33NO3/c1-14(24)26-13-22-10-7-17(25)11-15(22)3-5-18-19-6-4-16(12-23)21(19,2)9-8-20(18)22/h15-20,25H,3-11,13H2,1-2H3/t15-,16+,17+,18-,19-,20-,21+,22+/m0/s1. The van der Waals surface area contributed by atoms with E-state index in [1.807, 2.05) is 0 Å². The fraction of sp³-hybridized carbons (Fsp3) is 0.909. The number of carbonyl (C=O) groups is 1. The molecule has 0 unspecified atom stereocenters. The Morgan fingerprint density at radius 1 is 1.15 bits per heavy atom. The van der Waals surface area contributed by atoms with Crippen molar-refractivity contribution >= 4 is 5.97 Å². The molecule has 4 aliphatic carbocycles. The molecule has 0 aliphatic heterocycles. The minimum Gasteiger partial charge on any atom is -0.465 e. The SMILES string of the molecule is CC(=O)OC[C@]12CC[C@@H](O)C[C@@H]1CC[C@H]1[C@@H]3CC[C@H](C#N)[C@@]3(C)CC[C@@H]12. The van der Waals surface area contributed by atoms with Crippen LogP contribution >= 0.6 is 0 Å². The lowest BCUT2D eigenvalue weighted by atomic mass is 9.44. The van der Waals surface area contributed by atoms with Gasteiger partial charge in [-0.1, -0.05) is 6.92 Å². The van der Waals surface area contributed by atoms with Crippen LogP contribution in [-0.2, 0) is 9.53 Å². The maximum Gasteiger partial charge on any atom is 0.302 e. The number of aliphatic hydroxyl groups excluding tert-OH is 1. The first kappa shape index (κ1) is 18.3. The third-order valence-electron chi connectivity index (χ3n) is 9.04. The van der Waals surface area contributed by atoms with Gasteiger partial charge >= 0.3 is 5.97 Å². The molecule has 0 saturated heterocycles. The Balaban J connectivity index is 1.64. The van der Waals surface area contributed by atoms with Gasteiger partial charge in [0, 0.05) is 12.3 Å². The molecule has 4 fully saturated rings. The van der Waals surface area contributed by atoms with E-state index in [0.717, 1.165) is 44.9 Å². The van der Waals surface area contributed by atoms with Crippen LogP contribution in [0.3, 0.4) is 0 Å². The van der Waals surface area contributed by atoms with E-state index in [2.05, 4.69) is 13.0 Å². The highest BCUT2D eigenvalue weighted by Crippen LogP contribution is 2.67. The van der Waals surface area contributed by atoms with Crippen LogP contribution in [0.1, 0.15) is 71.6 Å². The number of carbonyl (C=O) groups excluding carboxylic acids is 1. The van der Waals surface area contributed by atoms with Crippen molar-refractivity contribution in [2.24, 2.45) is 40.4 Å². The zero-order chi connectivity index (χ0) is 18.5. The lowest BCUT2D eigenvalue weighted by Gasteiger charge is -2.61. The number of fused-ring (bicyclic) bond motifs is 5. The second kappa shape index (κ2) is 6.51. The zero-order valence-corrected chi connectivity index (χ0v) is 16.2. The molecule has 0 aromatic rings. The molecule has 0 aromatic heterocycles. The van der Waals surface area contributed by atoms with E-state index in [-0.39, 0.29) is 28.8 Å². The predicted octanol–water partition coefficient (Wildman–Crippen LogP) is 4.07. The van der Waals surface area contributed by atoms with E-state index >= 15 is 0 Å². The lowest BCUT2D eigenvalue weighted by Crippen LogP contribution is -2.57. The number of hydrogen-bond donors (Lipinski definition) is 1. The number of hydrogen-bond acceptors (Lipinski definition) is 4. The molecular weight excluding hydrogens is 326 g/mol. The van der Waals surface area contributed by atoms with Crippen LogP contribution in [0.5, 0.6) is 0 Å². The Morgan fingerprint density at radius 3 is 2.69 bits per heavy atom. The molecular formula is C22H33NO3. The predicted molar refractivity (Wildman–Crippen MR) is 97.8 cm³/mol. The van der Waals surface area contributed by atoms with Gasteiger partial charge < -0.3 is 9.84 Å². The second-order valence-corrected chi connectivity index (χ2v) is 9.90. The maximum absolute atomic E-state index is 11.6. The van der Waals surface area contributed by atoms with Crippen molar-refractivity contribution < 1.29 is 14.6 Å². The zero-order valence-electron chi connectivity index (χ0n) is 16.2. The Hall–Kier alpha value is -1.08. The topological polar surface area (TPSA) is 70.3 Å². The molecule has 1 N–H and O–H groups in total. The van der Waals surface area contributed by atoms with Crippen molar-refractivity contribution in [3.05, 3.63) is 0 Å². The quantitative estimate of drug-likeness (QED) is 0.754. The highest BCUT2D eigenvalue weighted by molar-refractivity contribution is 5.65. The Bertz CT molecular complexity index is 613. The fourth-order valence-electron chi connectivity index (χ4n) is 7.76. The summed E-state index contributed by atoms with van der Waals surface area (Å²) in [7, 11) is 0. The van der Waals surface area contributed by atoms with Crippen molar-refractivity contribution in [3.8, 4) is 6.07 Å². The summed E-state index contributed by atoms with van der Waals surface area (Å²) in [5.41, 5.74) is 0.236. The average Bonchev–Trinajstić information content (AvgIpc) is 2.96. The molecule has 26 heavy (non-hydrogen) atoms. The maximum atomic E-state index is 11.6. The smallest absolute Gasteiger partial charge is 0.302 e. The summed E-state index contributed by atoms with van der Waals surface area (Å²) in [5.74, 6) is 2.40. The Kier molecular flexibility index (Phi) is 4.58. The highest BCUT2D eigenvalue weighted by Gasteiger charge is 2.62. The van der Waals surface area contributed by atoms with Gasteiger partial charge in [0.15, 0.2) is 0 Å². The summed E-state index contributed by atoms with van der Waals surface area (Å²) in [6.07, 6.45) is 9.40. The van der Waals surface area contributed by atoms with Gasteiger partial charge in [0.25, 0.3) is 0 Å². The molecule has 0 spiro atoms. The third kappa shape index (κ3) is 2.61. The van der Waals surface area contributed by atoms with Gasteiger partial charge in [-0.2, -0.15) is 5.26 Å². The van der Waals surface area contributed by atoms with Gasteiger partial charge in [0.05, 0.1) is 24.7 Å². The molecule has 144 valence electrons. The van der Waals surface area contributed by atoms with E-state index in [9.17, 15) is 15.2 Å². The van der Waals surface area contributed by atoms with Crippen LogP contribution in [0.15, 0.2) is 0 Å².